The lowest BCUT2D eigenvalue weighted by atomic mass is 10.00. The van der Waals surface area contributed by atoms with Gasteiger partial charge in [-0.15, -0.1) is 10.2 Å². The van der Waals surface area contributed by atoms with Crippen LogP contribution in [0.4, 0.5) is 5.69 Å². The zero-order valence-electron chi connectivity index (χ0n) is 20.2. The van der Waals surface area contributed by atoms with Gasteiger partial charge in [0.1, 0.15) is 11.9 Å². The van der Waals surface area contributed by atoms with Crippen molar-refractivity contribution in [3.05, 3.63) is 105 Å². The second kappa shape index (κ2) is 10.7. The number of hydrogen-bond donors (Lipinski definition) is 3. The minimum Gasteiger partial charge on any atom is -0.326 e. The molecular formula is C27H22Cl2N6O3. The van der Waals surface area contributed by atoms with Gasteiger partial charge in [-0.2, -0.15) is 0 Å². The Hall–Kier alpha value is -4.05. The van der Waals surface area contributed by atoms with E-state index in [0.717, 1.165) is 11.3 Å². The fourth-order valence-corrected chi connectivity index (χ4v) is 4.79. The van der Waals surface area contributed by atoms with Crippen molar-refractivity contribution in [3.63, 3.8) is 0 Å². The van der Waals surface area contributed by atoms with Crippen molar-refractivity contribution >= 4 is 46.4 Å². The third-order valence-corrected chi connectivity index (χ3v) is 6.69. The highest BCUT2D eigenvalue weighted by molar-refractivity contribution is 6.36. The predicted molar refractivity (Wildman–Crippen MR) is 144 cm³/mol. The number of fused-ring (bicyclic) bond motifs is 3. The smallest absolute Gasteiger partial charge is 0.247 e. The van der Waals surface area contributed by atoms with Crippen LogP contribution in [0.3, 0.4) is 0 Å². The fraction of sp³-hybridized carbons (Fsp3) is 0.148. The first kappa shape index (κ1) is 25.6. The van der Waals surface area contributed by atoms with E-state index in [1.54, 1.807) is 41.9 Å². The summed E-state index contributed by atoms with van der Waals surface area (Å²) in [5.74, 6) is 0.360. The van der Waals surface area contributed by atoms with E-state index in [2.05, 4.69) is 15.5 Å². The number of nitrogens with zero attached hydrogens (tertiary/aromatic N) is 4. The van der Waals surface area contributed by atoms with E-state index in [1.807, 2.05) is 41.8 Å². The predicted octanol–water partition coefficient (Wildman–Crippen LogP) is 4.85. The number of hydroxylamine groups is 1. The Balaban J connectivity index is 1.50. The molecule has 3 N–H and O–H groups in total. The van der Waals surface area contributed by atoms with Crippen LogP contribution in [0.2, 0.25) is 10.0 Å². The number of aryl methyl sites for hydroxylation is 1. The van der Waals surface area contributed by atoms with Gasteiger partial charge in [0.15, 0.2) is 5.82 Å². The summed E-state index contributed by atoms with van der Waals surface area (Å²) in [6.07, 6.45) is 0.00833. The summed E-state index contributed by atoms with van der Waals surface area (Å²) in [6.45, 7) is 1.84. The molecule has 2 amide bonds. The van der Waals surface area contributed by atoms with E-state index in [-0.39, 0.29) is 18.7 Å². The van der Waals surface area contributed by atoms with Crippen molar-refractivity contribution in [3.8, 4) is 5.69 Å². The van der Waals surface area contributed by atoms with Gasteiger partial charge in [-0.1, -0.05) is 53.5 Å². The number of carbonyl (C=O) groups excluding carboxylic acids is 2. The molecule has 11 heteroatoms. The first-order valence-electron chi connectivity index (χ1n) is 11.7. The molecule has 0 fully saturated rings. The zero-order chi connectivity index (χ0) is 26.8. The second-order valence-corrected chi connectivity index (χ2v) is 9.58. The molecule has 0 unspecified atom stereocenters. The van der Waals surface area contributed by atoms with Crippen molar-refractivity contribution in [2.45, 2.75) is 25.8 Å². The number of amides is 2. The average molecular weight is 549 g/mol. The van der Waals surface area contributed by atoms with Gasteiger partial charge in [-0.05, 0) is 48.9 Å². The Morgan fingerprint density at radius 3 is 2.47 bits per heavy atom. The number of carbonyl (C=O) groups is 2. The average Bonchev–Trinajstić information content (AvgIpc) is 3.23. The molecule has 0 aliphatic carbocycles. The highest BCUT2D eigenvalue weighted by Crippen LogP contribution is 2.35. The molecule has 0 saturated heterocycles. The molecule has 1 atom stereocenters. The van der Waals surface area contributed by atoms with Crippen LogP contribution in [-0.4, -0.2) is 37.5 Å². The summed E-state index contributed by atoms with van der Waals surface area (Å²) in [6, 6.07) is 19.0. The van der Waals surface area contributed by atoms with Gasteiger partial charge < -0.3 is 5.32 Å². The molecule has 1 aromatic heterocycles. The maximum absolute atomic E-state index is 13.2. The van der Waals surface area contributed by atoms with E-state index < -0.39 is 11.9 Å². The molecule has 192 valence electrons. The Morgan fingerprint density at radius 2 is 1.74 bits per heavy atom. The minimum absolute atomic E-state index is 0.0114. The van der Waals surface area contributed by atoms with E-state index >= 15 is 0 Å². The number of halogens is 2. The van der Waals surface area contributed by atoms with Crippen LogP contribution in [-0.2, 0) is 16.0 Å². The molecule has 1 aliphatic heterocycles. The van der Waals surface area contributed by atoms with Gasteiger partial charge in [0, 0.05) is 26.9 Å². The highest BCUT2D eigenvalue weighted by atomic mass is 35.5. The van der Waals surface area contributed by atoms with E-state index in [1.165, 1.54) is 0 Å². The summed E-state index contributed by atoms with van der Waals surface area (Å²) >= 11 is 13.0. The molecule has 9 nitrogen and oxygen atoms in total. The van der Waals surface area contributed by atoms with Gasteiger partial charge in [0.2, 0.25) is 11.8 Å². The Morgan fingerprint density at radius 1 is 0.974 bits per heavy atom. The quantitative estimate of drug-likeness (QED) is 0.235. The Kier molecular flexibility index (Phi) is 7.24. The van der Waals surface area contributed by atoms with Crippen LogP contribution in [0, 0.1) is 6.92 Å². The molecule has 0 spiro atoms. The lowest BCUT2D eigenvalue weighted by Gasteiger charge is -2.13. The summed E-state index contributed by atoms with van der Waals surface area (Å²) in [5, 5.41) is 21.3. The van der Waals surface area contributed by atoms with E-state index in [4.69, 9.17) is 33.4 Å². The normalized spacial score (nSPS) is 14.1. The third-order valence-electron chi connectivity index (χ3n) is 6.12. The van der Waals surface area contributed by atoms with E-state index in [0.29, 0.717) is 44.2 Å². The number of aliphatic imine (C=N–C) groups is 1. The van der Waals surface area contributed by atoms with Crippen molar-refractivity contribution in [2.24, 2.45) is 4.99 Å². The number of aromatic nitrogens is 3. The lowest BCUT2D eigenvalue weighted by molar-refractivity contribution is -0.128. The van der Waals surface area contributed by atoms with Gasteiger partial charge in [-0.25, -0.2) is 5.48 Å². The van der Waals surface area contributed by atoms with Gasteiger partial charge in [0.05, 0.1) is 24.2 Å². The number of benzene rings is 3. The van der Waals surface area contributed by atoms with Crippen molar-refractivity contribution in [1.29, 1.82) is 0 Å². The molecule has 2 heterocycles. The van der Waals surface area contributed by atoms with Crippen LogP contribution in [0.25, 0.3) is 5.69 Å². The third kappa shape index (κ3) is 5.17. The molecule has 38 heavy (non-hydrogen) atoms. The number of anilines is 1. The molecule has 1 aliphatic rings. The second-order valence-electron chi connectivity index (χ2n) is 8.74. The number of nitrogens with one attached hydrogen (secondary N) is 2. The monoisotopic (exact) mass is 548 g/mol. The van der Waals surface area contributed by atoms with Crippen molar-refractivity contribution in [2.75, 3.05) is 5.32 Å². The van der Waals surface area contributed by atoms with Crippen LogP contribution in [0.15, 0.2) is 71.7 Å². The van der Waals surface area contributed by atoms with Crippen LogP contribution >= 0.6 is 23.2 Å². The zero-order valence-corrected chi connectivity index (χ0v) is 21.7. The molecule has 5 rings (SSSR count). The molecule has 0 bridgehead atoms. The topological polar surface area (TPSA) is 122 Å². The van der Waals surface area contributed by atoms with Crippen LogP contribution in [0.5, 0.6) is 0 Å². The van der Waals surface area contributed by atoms with Crippen LogP contribution < -0.4 is 10.8 Å². The SMILES string of the molecule is Cc1nnc2n1-c1ccc(Cl)cc1C(c1ccccc1Cl)=N[C@H]2CC(=O)Nc1ccc(CC(=O)NO)cc1. The summed E-state index contributed by atoms with van der Waals surface area (Å²) < 4.78 is 1.89. The van der Waals surface area contributed by atoms with Gasteiger partial charge >= 0.3 is 0 Å². The van der Waals surface area contributed by atoms with Crippen LogP contribution in [0.1, 0.15) is 40.8 Å². The van der Waals surface area contributed by atoms with Crippen molar-refractivity contribution in [1.82, 2.24) is 20.2 Å². The van der Waals surface area contributed by atoms with Gasteiger partial charge in [-0.3, -0.25) is 24.4 Å². The number of rotatable bonds is 6. The first-order chi connectivity index (χ1) is 18.3. The largest absolute Gasteiger partial charge is 0.326 e. The highest BCUT2D eigenvalue weighted by Gasteiger charge is 2.30. The van der Waals surface area contributed by atoms with Gasteiger partial charge in [0.25, 0.3) is 0 Å². The lowest BCUT2D eigenvalue weighted by Crippen LogP contribution is -2.20. The summed E-state index contributed by atoms with van der Waals surface area (Å²) in [7, 11) is 0. The maximum Gasteiger partial charge on any atom is 0.247 e. The Labute approximate surface area is 228 Å². The standard InChI is InChI=1S/C27H22Cl2N6O3/c1-15-32-33-27-22(14-24(36)30-18-9-6-16(7-10-18)12-25(37)34-38)31-26(19-4-2-3-5-21(19)29)20-13-17(28)8-11-23(20)35(15)27/h2-11,13,22,38H,12,14H2,1H3,(H,30,36)(H,34,37)/t22-/m0/s1. The number of hydrogen-bond acceptors (Lipinski definition) is 6. The maximum atomic E-state index is 13.2. The Bertz CT molecular complexity index is 1570. The molecular weight excluding hydrogens is 527 g/mol. The summed E-state index contributed by atoms with van der Waals surface area (Å²) in [4.78, 5) is 29.6. The first-order valence-corrected chi connectivity index (χ1v) is 12.5. The van der Waals surface area contributed by atoms with Crippen molar-refractivity contribution < 1.29 is 14.8 Å². The fourth-order valence-electron chi connectivity index (χ4n) is 4.39. The van der Waals surface area contributed by atoms with E-state index in [9.17, 15) is 9.59 Å². The summed E-state index contributed by atoms with van der Waals surface area (Å²) in [5.41, 5.74) is 5.69. The molecule has 0 saturated carbocycles. The molecule has 0 radical (unpaired) electrons. The molecule has 3 aromatic carbocycles. The minimum atomic E-state index is -0.666. The molecule has 4 aromatic rings.